The summed E-state index contributed by atoms with van der Waals surface area (Å²) in [5, 5.41) is 14.9. The van der Waals surface area contributed by atoms with E-state index in [0.29, 0.717) is 19.4 Å². The summed E-state index contributed by atoms with van der Waals surface area (Å²) in [4.78, 5) is 23.0. The molecule has 1 rings (SSSR count). The van der Waals surface area contributed by atoms with E-state index in [0.717, 1.165) is 0 Å². The van der Waals surface area contributed by atoms with Crippen molar-refractivity contribution in [3.63, 3.8) is 0 Å². The Morgan fingerprint density at radius 2 is 2.10 bits per heavy atom. The van der Waals surface area contributed by atoms with Gasteiger partial charge >= 0.3 is 0 Å². The molecule has 1 heterocycles. The summed E-state index contributed by atoms with van der Waals surface area (Å²) in [6, 6.07) is 3.22. The van der Waals surface area contributed by atoms with E-state index in [2.05, 4.69) is 10.6 Å². The van der Waals surface area contributed by atoms with Gasteiger partial charge in [0, 0.05) is 19.5 Å². The smallest absolute Gasteiger partial charge is 0.286 e. The molecule has 0 spiro atoms. The van der Waals surface area contributed by atoms with E-state index in [1.807, 2.05) is 13.8 Å². The summed E-state index contributed by atoms with van der Waals surface area (Å²) in [6.07, 6.45) is 1.75. The minimum atomic E-state index is -0.530. The maximum atomic E-state index is 11.5. The minimum absolute atomic E-state index is 0.114. The first-order valence-electron chi connectivity index (χ1n) is 6.77. The third-order valence-electron chi connectivity index (χ3n) is 2.89. The van der Waals surface area contributed by atoms with E-state index in [-0.39, 0.29) is 30.0 Å². The van der Waals surface area contributed by atoms with Crippen molar-refractivity contribution in [3.8, 4) is 0 Å². The number of aliphatic hydroxyl groups is 1. The van der Waals surface area contributed by atoms with Gasteiger partial charge < -0.3 is 20.2 Å². The summed E-state index contributed by atoms with van der Waals surface area (Å²) in [7, 11) is 0. The zero-order chi connectivity index (χ0) is 15.0. The molecular weight excluding hydrogens is 260 g/mol. The molecule has 1 unspecified atom stereocenters. The van der Waals surface area contributed by atoms with Gasteiger partial charge in [-0.25, -0.2) is 0 Å². The van der Waals surface area contributed by atoms with Crippen LogP contribution < -0.4 is 10.6 Å². The molecule has 1 atom stereocenters. The molecule has 0 fully saturated rings. The monoisotopic (exact) mass is 282 g/mol. The van der Waals surface area contributed by atoms with E-state index in [9.17, 15) is 14.7 Å². The molecule has 0 aromatic carbocycles. The molecule has 0 aliphatic carbocycles. The number of hydrogen-bond acceptors (Lipinski definition) is 4. The van der Waals surface area contributed by atoms with Gasteiger partial charge in [0.1, 0.15) is 0 Å². The van der Waals surface area contributed by atoms with Gasteiger partial charge in [0.25, 0.3) is 5.91 Å². The number of amides is 2. The summed E-state index contributed by atoms with van der Waals surface area (Å²) >= 11 is 0. The fraction of sp³-hybridized carbons (Fsp3) is 0.571. The molecule has 3 N–H and O–H groups in total. The Morgan fingerprint density at radius 3 is 2.70 bits per heavy atom. The van der Waals surface area contributed by atoms with Crippen molar-refractivity contribution < 1.29 is 19.1 Å². The van der Waals surface area contributed by atoms with Crippen molar-refractivity contribution in [1.82, 2.24) is 10.6 Å². The van der Waals surface area contributed by atoms with Crippen LogP contribution >= 0.6 is 0 Å². The first kappa shape index (κ1) is 16.2. The van der Waals surface area contributed by atoms with Crippen LogP contribution in [0.2, 0.25) is 0 Å². The molecule has 0 aliphatic heterocycles. The van der Waals surface area contributed by atoms with Crippen LogP contribution in [0.25, 0.3) is 0 Å². The van der Waals surface area contributed by atoms with Gasteiger partial charge in [-0.15, -0.1) is 0 Å². The Balaban J connectivity index is 2.09. The van der Waals surface area contributed by atoms with Crippen molar-refractivity contribution in [2.75, 3.05) is 13.1 Å². The zero-order valence-corrected chi connectivity index (χ0v) is 11.9. The van der Waals surface area contributed by atoms with E-state index in [4.69, 9.17) is 4.42 Å². The topological polar surface area (TPSA) is 91.6 Å². The van der Waals surface area contributed by atoms with Crippen molar-refractivity contribution >= 4 is 11.8 Å². The highest BCUT2D eigenvalue weighted by Gasteiger charge is 2.11. The fourth-order valence-corrected chi connectivity index (χ4v) is 1.49. The normalized spacial score (nSPS) is 12.2. The van der Waals surface area contributed by atoms with Gasteiger partial charge in [-0.1, -0.05) is 13.8 Å². The predicted molar refractivity (Wildman–Crippen MR) is 74.1 cm³/mol. The Bertz CT molecular complexity index is 415. The van der Waals surface area contributed by atoms with Crippen molar-refractivity contribution in [1.29, 1.82) is 0 Å². The second-order valence-electron chi connectivity index (χ2n) is 4.95. The van der Waals surface area contributed by atoms with Crippen LogP contribution in [0, 0.1) is 5.92 Å². The lowest BCUT2D eigenvalue weighted by Crippen LogP contribution is -2.35. The van der Waals surface area contributed by atoms with Crippen LogP contribution in [0.1, 0.15) is 37.2 Å². The SMILES string of the molecule is CC(C)C(O)CNC(=O)CCCNC(=O)c1ccco1. The number of carbonyl (C=O) groups excluding carboxylic acids is 2. The number of aliphatic hydroxyl groups excluding tert-OH is 1. The third kappa shape index (κ3) is 5.88. The second kappa shape index (κ2) is 8.37. The van der Waals surface area contributed by atoms with E-state index in [1.54, 1.807) is 12.1 Å². The van der Waals surface area contributed by atoms with Crippen molar-refractivity contribution in [2.24, 2.45) is 5.92 Å². The van der Waals surface area contributed by atoms with Crippen molar-refractivity contribution in [3.05, 3.63) is 24.2 Å². The zero-order valence-electron chi connectivity index (χ0n) is 11.9. The number of carbonyl (C=O) groups is 2. The summed E-state index contributed by atoms with van der Waals surface area (Å²) in [6.45, 7) is 4.44. The highest BCUT2D eigenvalue weighted by Crippen LogP contribution is 2.00. The summed E-state index contributed by atoms with van der Waals surface area (Å²) in [5.41, 5.74) is 0. The van der Waals surface area contributed by atoms with Gasteiger partial charge in [-0.3, -0.25) is 9.59 Å². The number of furan rings is 1. The third-order valence-corrected chi connectivity index (χ3v) is 2.89. The van der Waals surface area contributed by atoms with Crippen molar-refractivity contribution in [2.45, 2.75) is 32.8 Å². The molecule has 20 heavy (non-hydrogen) atoms. The first-order chi connectivity index (χ1) is 9.50. The van der Waals surface area contributed by atoms with Gasteiger partial charge in [0.15, 0.2) is 5.76 Å². The molecule has 1 aromatic rings. The summed E-state index contributed by atoms with van der Waals surface area (Å²) < 4.78 is 4.94. The largest absolute Gasteiger partial charge is 0.459 e. The van der Waals surface area contributed by atoms with Crippen LogP contribution in [0.15, 0.2) is 22.8 Å². The van der Waals surface area contributed by atoms with Crippen LogP contribution in [-0.4, -0.2) is 36.1 Å². The molecule has 6 nitrogen and oxygen atoms in total. The maximum Gasteiger partial charge on any atom is 0.286 e. The van der Waals surface area contributed by atoms with Gasteiger partial charge in [-0.2, -0.15) is 0 Å². The lowest BCUT2D eigenvalue weighted by Gasteiger charge is -2.14. The van der Waals surface area contributed by atoms with Crippen LogP contribution in [0.4, 0.5) is 0 Å². The molecule has 0 radical (unpaired) electrons. The maximum absolute atomic E-state index is 11.5. The average molecular weight is 282 g/mol. The Kier molecular flexibility index (Phi) is 6.79. The lowest BCUT2D eigenvalue weighted by molar-refractivity contribution is -0.121. The molecule has 0 aliphatic rings. The standard InChI is InChI=1S/C14H22N2O4/c1-10(2)11(17)9-16-13(18)6-3-7-15-14(19)12-5-4-8-20-12/h4-5,8,10-11,17H,3,6-7,9H2,1-2H3,(H,15,19)(H,16,18). The quantitative estimate of drug-likeness (QED) is 0.618. The molecule has 1 aromatic heterocycles. The highest BCUT2D eigenvalue weighted by molar-refractivity contribution is 5.91. The molecule has 112 valence electrons. The number of nitrogens with one attached hydrogen (secondary N) is 2. The van der Waals surface area contributed by atoms with Crippen LogP contribution in [-0.2, 0) is 4.79 Å². The van der Waals surface area contributed by atoms with E-state index in [1.165, 1.54) is 6.26 Å². The molecule has 0 saturated heterocycles. The Morgan fingerprint density at radius 1 is 1.35 bits per heavy atom. The highest BCUT2D eigenvalue weighted by atomic mass is 16.3. The Hall–Kier alpha value is -1.82. The van der Waals surface area contributed by atoms with E-state index < -0.39 is 6.10 Å². The van der Waals surface area contributed by atoms with Crippen LogP contribution in [0.5, 0.6) is 0 Å². The molecular formula is C14H22N2O4. The van der Waals surface area contributed by atoms with Crippen LogP contribution in [0.3, 0.4) is 0 Å². The second-order valence-corrected chi connectivity index (χ2v) is 4.95. The van der Waals surface area contributed by atoms with Gasteiger partial charge in [0.2, 0.25) is 5.91 Å². The number of rotatable bonds is 8. The predicted octanol–water partition coefficient (Wildman–Crippen LogP) is 0.923. The lowest BCUT2D eigenvalue weighted by atomic mass is 10.1. The summed E-state index contributed by atoms with van der Waals surface area (Å²) in [5.74, 6) is -0.0417. The number of hydrogen-bond donors (Lipinski definition) is 3. The molecule has 6 heteroatoms. The average Bonchev–Trinajstić information content (AvgIpc) is 2.94. The minimum Gasteiger partial charge on any atom is -0.459 e. The molecule has 2 amide bonds. The van der Waals surface area contributed by atoms with Gasteiger partial charge in [-0.05, 0) is 24.5 Å². The van der Waals surface area contributed by atoms with Gasteiger partial charge in [0.05, 0.1) is 12.4 Å². The van der Waals surface area contributed by atoms with E-state index >= 15 is 0 Å². The molecule has 0 bridgehead atoms. The Labute approximate surface area is 118 Å². The first-order valence-corrected chi connectivity index (χ1v) is 6.77. The molecule has 0 saturated carbocycles. The fourth-order valence-electron chi connectivity index (χ4n) is 1.49.